The van der Waals surface area contributed by atoms with Crippen molar-refractivity contribution in [2.45, 2.75) is 103 Å². The van der Waals surface area contributed by atoms with Gasteiger partial charge in [-0.2, -0.15) is 0 Å². The molecule has 334 valence electrons. The Morgan fingerprint density at radius 1 is 0.607 bits per heavy atom. The van der Waals surface area contributed by atoms with E-state index < -0.39 is 35.3 Å². The molecule has 0 unspecified atom stereocenters. The topological polar surface area (TPSA) is 252 Å². The molecule has 0 fully saturated rings. The minimum absolute atomic E-state index is 0.0217. The minimum Gasteiger partial charge on any atom is -0.506 e. The molecule has 3 amide bonds. The molecule has 0 aliphatic heterocycles. The van der Waals surface area contributed by atoms with Crippen molar-refractivity contribution in [1.82, 2.24) is 44.6 Å². The first-order chi connectivity index (χ1) is 29.6. The minimum atomic E-state index is -1.09. The fourth-order valence-corrected chi connectivity index (χ4v) is 6.51. The number of unbranched alkanes of at least 4 members (excludes halogenated alkanes) is 9. The summed E-state index contributed by atoms with van der Waals surface area (Å²) in [6, 6.07) is 12.4. The zero-order chi connectivity index (χ0) is 43.8. The van der Waals surface area contributed by atoms with E-state index in [1.165, 1.54) is 11.9 Å². The van der Waals surface area contributed by atoms with E-state index in [0.717, 1.165) is 25.7 Å². The van der Waals surface area contributed by atoms with Crippen LogP contribution < -0.4 is 33.0 Å². The second-order valence-electron chi connectivity index (χ2n) is 14.4. The second kappa shape index (κ2) is 26.1. The van der Waals surface area contributed by atoms with Gasteiger partial charge in [-0.15, -0.1) is 15.0 Å². The average molecular weight is 854 g/mol. The Hall–Kier alpha value is -6.18. The average Bonchev–Trinajstić information content (AvgIpc) is 3.68. The van der Waals surface area contributed by atoms with Crippen molar-refractivity contribution in [1.29, 1.82) is 0 Å². The number of ether oxygens (including phenoxy) is 3. The summed E-state index contributed by atoms with van der Waals surface area (Å²) in [4.78, 5) is 76.4. The molecule has 0 radical (unpaired) electrons. The Morgan fingerprint density at radius 2 is 1.07 bits per heavy atom. The number of carbonyl (C=O) groups is 3. The lowest BCUT2D eigenvalue weighted by molar-refractivity contribution is 0.0985. The maximum Gasteiger partial charge on any atom is 0.407 e. The van der Waals surface area contributed by atoms with E-state index in [9.17, 15) is 33.9 Å². The summed E-state index contributed by atoms with van der Waals surface area (Å²) in [5.41, 5.74) is 0.689. The van der Waals surface area contributed by atoms with E-state index in [4.69, 9.17) is 19.3 Å². The Bertz CT molecular complexity index is 2150. The first-order valence-corrected chi connectivity index (χ1v) is 20.9. The van der Waals surface area contributed by atoms with Gasteiger partial charge in [0, 0.05) is 52.8 Å². The molecule has 20 heteroatoms. The molecule has 20 nitrogen and oxygen atoms in total. The summed E-state index contributed by atoms with van der Waals surface area (Å²) in [6.07, 6.45) is 5.94. The van der Waals surface area contributed by atoms with Crippen molar-refractivity contribution in [3.63, 3.8) is 0 Å². The maximum absolute atomic E-state index is 13.5. The van der Waals surface area contributed by atoms with E-state index in [1.54, 1.807) is 18.2 Å². The highest BCUT2D eigenvalue weighted by atomic mass is 16.6. The number of alkyl carbamates (subject to hydrolysis) is 2. The van der Waals surface area contributed by atoms with Gasteiger partial charge in [0.15, 0.2) is 0 Å². The van der Waals surface area contributed by atoms with E-state index >= 15 is 0 Å². The Balaban J connectivity index is 1.20. The van der Waals surface area contributed by atoms with Crippen molar-refractivity contribution in [3.05, 3.63) is 79.5 Å². The van der Waals surface area contributed by atoms with Crippen LogP contribution in [0.1, 0.15) is 82.6 Å². The lowest BCUT2D eigenvalue weighted by Gasteiger charge is -2.14. The zero-order valence-electron chi connectivity index (χ0n) is 34.8. The first kappa shape index (κ1) is 47.5. The van der Waals surface area contributed by atoms with Gasteiger partial charge < -0.3 is 40.4 Å². The van der Waals surface area contributed by atoms with Crippen LogP contribution in [0.25, 0.3) is 16.7 Å². The molecule has 0 bridgehead atoms. The number of rotatable bonds is 28. The highest BCUT2D eigenvalue weighted by molar-refractivity contribution is 5.73. The number of aromatic hydroxyl groups is 1. The first-order valence-electron chi connectivity index (χ1n) is 20.9. The number of carboxylic acid groups (broad SMARTS) is 1. The summed E-state index contributed by atoms with van der Waals surface area (Å²) in [5.74, 6) is 0.0217. The van der Waals surface area contributed by atoms with Gasteiger partial charge >= 0.3 is 35.3 Å². The molecular formula is C41H59N9O11. The Morgan fingerprint density at radius 3 is 1.54 bits per heavy atom. The molecule has 0 spiro atoms. The van der Waals surface area contributed by atoms with Crippen LogP contribution in [0.5, 0.6) is 5.75 Å². The predicted molar refractivity (Wildman–Crippen MR) is 225 cm³/mol. The van der Waals surface area contributed by atoms with E-state index in [-0.39, 0.29) is 38.6 Å². The van der Waals surface area contributed by atoms with Gasteiger partial charge in [-0.05, 0) is 68.4 Å². The van der Waals surface area contributed by atoms with Crippen LogP contribution in [-0.2, 0) is 40.3 Å². The lowest BCUT2D eigenvalue weighted by atomic mass is 10.1. The summed E-state index contributed by atoms with van der Waals surface area (Å²) < 4.78 is 18.5. The molecule has 0 saturated carbocycles. The third kappa shape index (κ3) is 16.1. The highest BCUT2D eigenvalue weighted by Gasteiger charge is 2.16. The van der Waals surface area contributed by atoms with Crippen molar-refractivity contribution >= 4 is 29.3 Å². The number of phenols is 1. The molecule has 0 aliphatic rings. The smallest absolute Gasteiger partial charge is 0.407 e. The third-order valence-electron chi connectivity index (χ3n) is 9.81. The van der Waals surface area contributed by atoms with Gasteiger partial charge in [-0.1, -0.05) is 56.7 Å². The van der Waals surface area contributed by atoms with Gasteiger partial charge in [-0.25, -0.2) is 42.5 Å². The van der Waals surface area contributed by atoms with Gasteiger partial charge in [-0.3, -0.25) is 0 Å². The molecule has 0 saturated heterocycles. The number of aromatic nitrogens is 6. The number of methoxy groups -OCH3 is 1. The van der Waals surface area contributed by atoms with E-state index in [2.05, 4.69) is 26.1 Å². The summed E-state index contributed by atoms with van der Waals surface area (Å²) in [6.45, 7) is 2.11. The maximum atomic E-state index is 13.5. The van der Waals surface area contributed by atoms with Crippen LogP contribution in [0.3, 0.4) is 0 Å². The molecule has 2 aromatic carbocycles. The number of hydrogen-bond acceptors (Lipinski definition) is 12. The van der Waals surface area contributed by atoms with Gasteiger partial charge in [0.05, 0.1) is 13.2 Å². The quantitative estimate of drug-likeness (QED) is 0.0509. The van der Waals surface area contributed by atoms with Crippen LogP contribution in [0.4, 0.5) is 14.4 Å². The van der Waals surface area contributed by atoms with Gasteiger partial charge in [0.1, 0.15) is 29.1 Å². The van der Waals surface area contributed by atoms with Crippen LogP contribution >= 0.6 is 0 Å². The lowest BCUT2D eigenvalue weighted by Crippen LogP contribution is -2.54. The third-order valence-corrected chi connectivity index (χ3v) is 9.81. The van der Waals surface area contributed by atoms with E-state index in [1.807, 2.05) is 24.3 Å². The van der Waals surface area contributed by atoms with Crippen LogP contribution in [0, 0.1) is 0 Å². The number of phenolic OH excluding ortho intramolecular Hbond substituents is 1. The summed E-state index contributed by atoms with van der Waals surface area (Å²) in [5, 5.41) is 35.7. The zero-order valence-corrected chi connectivity index (χ0v) is 34.8. The normalized spacial score (nSPS) is 11.1. The van der Waals surface area contributed by atoms with E-state index in [0.29, 0.717) is 120 Å². The van der Waals surface area contributed by atoms with Crippen molar-refractivity contribution in [3.8, 4) is 11.4 Å². The number of carbonyl (C=O) groups excluding carboxylic acids is 2. The number of benzene rings is 2. The molecule has 5 N–H and O–H groups in total. The molecule has 0 atom stereocenters. The Labute approximate surface area is 352 Å². The summed E-state index contributed by atoms with van der Waals surface area (Å²) in [7, 11) is 1.52. The number of nitrogens with one attached hydrogen (secondary N) is 3. The largest absolute Gasteiger partial charge is 0.506 e. The molecule has 4 rings (SSSR count). The number of hydrogen-bond donors (Lipinski definition) is 5. The molecule has 4 aromatic rings. The summed E-state index contributed by atoms with van der Waals surface area (Å²) >= 11 is 0. The molecular weight excluding hydrogens is 795 g/mol. The second-order valence-corrected chi connectivity index (χ2v) is 14.4. The number of nitrogens with zero attached hydrogens (tertiary/aromatic N) is 6. The SMILES string of the molecule is COCCOC(=O)NCCCCCCn1c(=O)n(CCCCCCNC(=O)O)c(=O)n(CCCCCCNC(=O)OCCc2ccc(O)c(-n3nc4ccccc4n3)c2)c1=O. The van der Waals surface area contributed by atoms with Crippen LogP contribution in [0.15, 0.2) is 56.8 Å². The van der Waals surface area contributed by atoms with Crippen molar-refractivity contribution in [2.24, 2.45) is 0 Å². The number of amides is 3. The fourth-order valence-electron chi connectivity index (χ4n) is 6.51. The molecule has 61 heavy (non-hydrogen) atoms. The highest BCUT2D eigenvalue weighted by Crippen LogP contribution is 2.23. The monoisotopic (exact) mass is 853 g/mol. The fraction of sp³-hybridized carbons (Fsp3) is 0.561. The van der Waals surface area contributed by atoms with Crippen LogP contribution in [0.2, 0.25) is 0 Å². The standard InChI is InChI=1S/C41H59N9O11/c1-59-28-29-61-38(55)44-23-12-4-7-15-26-49-40(57)47(24-13-5-2-10-21-42-36(52)53)39(56)48(41(49)58)25-14-6-3-11-22-43-37(54)60-27-20-31-18-19-35(51)34(30-31)50-45-32-16-8-9-17-33(32)46-50/h8-9,16-19,30,42,51H,2-7,10-15,20-29H2,1H3,(H,43,54)(H,44,55)(H,52,53). The molecule has 0 aliphatic carbocycles. The van der Waals surface area contributed by atoms with Crippen LogP contribution in [-0.4, -0.2) is 104 Å². The molecule has 2 aromatic heterocycles. The Kier molecular flexibility index (Phi) is 20.3. The van der Waals surface area contributed by atoms with Gasteiger partial charge in [0.2, 0.25) is 0 Å². The van der Waals surface area contributed by atoms with Crippen molar-refractivity contribution in [2.75, 3.05) is 46.6 Å². The molecule has 2 heterocycles. The van der Waals surface area contributed by atoms with Crippen molar-refractivity contribution < 1.29 is 38.8 Å². The van der Waals surface area contributed by atoms with Gasteiger partial charge in [0.25, 0.3) is 0 Å². The predicted octanol–water partition coefficient (Wildman–Crippen LogP) is 3.90. The number of fused-ring (bicyclic) bond motifs is 1.